The molecule has 1 amide bonds. The van der Waals surface area contributed by atoms with Gasteiger partial charge in [-0.3, -0.25) is 4.79 Å². The predicted molar refractivity (Wildman–Crippen MR) is 87.8 cm³/mol. The normalized spacial score (nSPS) is 11.2. The van der Waals surface area contributed by atoms with Crippen LogP contribution in [0.1, 0.15) is 15.9 Å². The van der Waals surface area contributed by atoms with E-state index < -0.39 is 17.6 Å². The molecule has 0 heterocycles. The summed E-state index contributed by atoms with van der Waals surface area (Å²) in [5.41, 5.74) is -1.13. The third-order valence-corrected chi connectivity index (χ3v) is 3.98. The monoisotopic (exact) mass is 451 g/mol. The lowest BCUT2D eigenvalue weighted by molar-refractivity contribution is -0.136. The molecule has 0 spiro atoms. The third kappa shape index (κ3) is 4.06. The number of methoxy groups -OCH3 is 1. The highest BCUT2D eigenvalue weighted by Gasteiger charge is 2.33. The van der Waals surface area contributed by atoms with Crippen LogP contribution >= 0.6 is 31.9 Å². The van der Waals surface area contributed by atoms with Crippen molar-refractivity contribution in [3.63, 3.8) is 0 Å². The van der Waals surface area contributed by atoms with Crippen molar-refractivity contribution in [3.05, 3.63) is 56.5 Å². The van der Waals surface area contributed by atoms with E-state index in [1.807, 2.05) is 0 Å². The van der Waals surface area contributed by atoms with Crippen LogP contribution in [0, 0.1) is 0 Å². The van der Waals surface area contributed by atoms with Crippen LogP contribution in [0.5, 0.6) is 5.75 Å². The Morgan fingerprint density at radius 2 is 1.83 bits per heavy atom. The van der Waals surface area contributed by atoms with Gasteiger partial charge in [0.2, 0.25) is 0 Å². The van der Waals surface area contributed by atoms with E-state index in [0.717, 1.165) is 6.07 Å². The van der Waals surface area contributed by atoms with E-state index in [-0.39, 0.29) is 17.0 Å². The van der Waals surface area contributed by atoms with Gasteiger partial charge in [0.15, 0.2) is 0 Å². The first-order valence-electron chi connectivity index (χ1n) is 6.24. The maximum absolute atomic E-state index is 13.0. The van der Waals surface area contributed by atoms with Crippen molar-refractivity contribution in [2.24, 2.45) is 0 Å². The maximum Gasteiger partial charge on any atom is 0.418 e. The van der Waals surface area contributed by atoms with Crippen LogP contribution in [0.25, 0.3) is 0 Å². The molecule has 0 saturated heterocycles. The van der Waals surface area contributed by atoms with Crippen LogP contribution < -0.4 is 10.1 Å². The molecule has 0 aliphatic rings. The molecule has 8 heteroatoms. The molecule has 0 radical (unpaired) electrons. The number of carbonyl (C=O) groups is 1. The van der Waals surface area contributed by atoms with E-state index in [4.69, 9.17) is 4.74 Å². The van der Waals surface area contributed by atoms with Crippen molar-refractivity contribution < 1.29 is 22.7 Å². The summed E-state index contributed by atoms with van der Waals surface area (Å²) >= 11 is 6.47. The van der Waals surface area contributed by atoms with E-state index in [9.17, 15) is 18.0 Å². The summed E-state index contributed by atoms with van der Waals surface area (Å²) in [7, 11) is 1.37. The Balaban J connectivity index is 2.42. The summed E-state index contributed by atoms with van der Waals surface area (Å²) < 4.78 is 45.2. The van der Waals surface area contributed by atoms with Crippen molar-refractivity contribution in [3.8, 4) is 5.75 Å². The second kappa shape index (κ2) is 6.92. The number of amides is 1. The number of anilines is 1. The Labute approximate surface area is 147 Å². The molecule has 0 aliphatic carbocycles. The largest absolute Gasteiger partial charge is 0.495 e. The number of para-hydroxylation sites is 1. The van der Waals surface area contributed by atoms with Crippen LogP contribution in [0.15, 0.2) is 45.3 Å². The SMILES string of the molecule is COc1c(Br)cc(Br)cc1C(=O)Nc1ccccc1C(F)(F)F. The van der Waals surface area contributed by atoms with E-state index in [1.165, 1.54) is 31.4 Å². The minimum absolute atomic E-state index is 0.103. The Morgan fingerprint density at radius 1 is 1.17 bits per heavy atom. The minimum atomic E-state index is -4.56. The number of hydrogen-bond acceptors (Lipinski definition) is 2. The number of benzene rings is 2. The van der Waals surface area contributed by atoms with Crippen molar-refractivity contribution in [2.45, 2.75) is 6.18 Å². The van der Waals surface area contributed by atoms with Gasteiger partial charge in [0.25, 0.3) is 5.91 Å². The molecule has 0 bridgehead atoms. The lowest BCUT2D eigenvalue weighted by atomic mass is 10.1. The molecule has 2 aromatic rings. The van der Waals surface area contributed by atoms with E-state index in [1.54, 1.807) is 6.07 Å². The van der Waals surface area contributed by atoms with Gasteiger partial charge < -0.3 is 10.1 Å². The summed E-state index contributed by atoms with van der Waals surface area (Å²) in [4.78, 5) is 12.4. The number of alkyl halides is 3. The minimum Gasteiger partial charge on any atom is -0.495 e. The number of hydrogen-bond donors (Lipinski definition) is 1. The molecule has 1 N–H and O–H groups in total. The van der Waals surface area contributed by atoms with Crippen LogP contribution in [-0.2, 0) is 6.18 Å². The first-order chi connectivity index (χ1) is 10.7. The molecule has 2 rings (SSSR count). The molecule has 3 nitrogen and oxygen atoms in total. The summed E-state index contributed by atoms with van der Waals surface area (Å²) in [6.45, 7) is 0. The molecular weight excluding hydrogens is 443 g/mol. The zero-order valence-electron chi connectivity index (χ0n) is 11.7. The Kier molecular flexibility index (Phi) is 5.36. The predicted octanol–water partition coefficient (Wildman–Crippen LogP) is 5.49. The number of rotatable bonds is 3. The van der Waals surface area contributed by atoms with Gasteiger partial charge in [-0.05, 0) is 40.2 Å². The van der Waals surface area contributed by atoms with E-state index in [2.05, 4.69) is 37.2 Å². The molecule has 0 saturated carbocycles. The Bertz CT molecular complexity index is 748. The summed E-state index contributed by atoms with van der Waals surface area (Å²) in [5.74, 6) is -0.476. The lowest BCUT2D eigenvalue weighted by Crippen LogP contribution is -2.17. The molecule has 122 valence electrons. The van der Waals surface area contributed by atoms with Gasteiger partial charge in [-0.15, -0.1) is 0 Å². The fourth-order valence-corrected chi connectivity index (χ4v) is 3.35. The van der Waals surface area contributed by atoms with Crippen molar-refractivity contribution in [1.82, 2.24) is 0 Å². The Hall–Kier alpha value is -1.54. The van der Waals surface area contributed by atoms with Gasteiger partial charge in [0.1, 0.15) is 5.75 Å². The third-order valence-electron chi connectivity index (χ3n) is 2.94. The number of nitrogens with one attached hydrogen (secondary N) is 1. The average Bonchev–Trinajstić information content (AvgIpc) is 2.46. The van der Waals surface area contributed by atoms with Gasteiger partial charge >= 0.3 is 6.18 Å². The fourth-order valence-electron chi connectivity index (χ4n) is 1.97. The first kappa shape index (κ1) is 17.8. The zero-order chi connectivity index (χ0) is 17.2. The van der Waals surface area contributed by atoms with Crippen LogP contribution in [0.4, 0.5) is 18.9 Å². The number of halogens is 5. The average molecular weight is 453 g/mol. The molecule has 2 aromatic carbocycles. The standard InChI is InChI=1S/C15H10Br2F3NO2/c1-23-13-9(6-8(16)7-11(13)17)14(22)21-12-5-3-2-4-10(12)15(18,19)20/h2-7H,1H3,(H,21,22). The van der Waals surface area contributed by atoms with Gasteiger partial charge in [0, 0.05) is 4.47 Å². The second-order valence-electron chi connectivity index (χ2n) is 4.47. The summed E-state index contributed by atoms with van der Waals surface area (Å²) in [6, 6.07) is 7.91. The van der Waals surface area contributed by atoms with Gasteiger partial charge in [-0.25, -0.2) is 0 Å². The highest BCUT2D eigenvalue weighted by molar-refractivity contribution is 9.11. The van der Waals surface area contributed by atoms with Crippen molar-refractivity contribution >= 4 is 43.5 Å². The van der Waals surface area contributed by atoms with Crippen LogP contribution in [0.3, 0.4) is 0 Å². The van der Waals surface area contributed by atoms with Crippen LogP contribution in [-0.4, -0.2) is 13.0 Å². The van der Waals surface area contributed by atoms with Gasteiger partial charge in [-0.2, -0.15) is 13.2 Å². The molecule has 0 fully saturated rings. The zero-order valence-corrected chi connectivity index (χ0v) is 14.8. The number of carbonyl (C=O) groups excluding carboxylic acids is 1. The molecular formula is C15H10Br2F3NO2. The topological polar surface area (TPSA) is 38.3 Å². The highest BCUT2D eigenvalue weighted by atomic mass is 79.9. The maximum atomic E-state index is 13.0. The molecule has 0 aliphatic heterocycles. The summed E-state index contributed by atoms with van der Waals surface area (Å²) in [6.07, 6.45) is -4.56. The van der Waals surface area contributed by atoms with Crippen molar-refractivity contribution in [1.29, 1.82) is 0 Å². The van der Waals surface area contributed by atoms with E-state index in [0.29, 0.717) is 8.95 Å². The van der Waals surface area contributed by atoms with Crippen LogP contribution in [0.2, 0.25) is 0 Å². The highest BCUT2D eigenvalue weighted by Crippen LogP contribution is 2.36. The first-order valence-corrected chi connectivity index (χ1v) is 7.83. The van der Waals surface area contributed by atoms with Gasteiger partial charge in [0.05, 0.1) is 28.4 Å². The second-order valence-corrected chi connectivity index (χ2v) is 6.24. The lowest BCUT2D eigenvalue weighted by Gasteiger charge is -2.15. The quantitative estimate of drug-likeness (QED) is 0.668. The molecule has 23 heavy (non-hydrogen) atoms. The van der Waals surface area contributed by atoms with Gasteiger partial charge in [-0.1, -0.05) is 28.1 Å². The number of ether oxygens (including phenoxy) is 1. The summed E-state index contributed by atoms with van der Waals surface area (Å²) in [5, 5.41) is 2.28. The molecule has 0 atom stereocenters. The smallest absolute Gasteiger partial charge is 0.418 e. The molecule has 0 unspecified atom stereocenters. The Morgan fingerprint density at radius 3 is 2.43 bits per heavy atom. The fraction of sp³-hybridized carbons (Fsp3) is 0.133. The van der Waals surface area contributed by atoms with Crippen molar-refractivity contribution in [2.75, 3.05) is 12.4 Å². The van der Waals surface area contributed by atoms with E-state index >= 15 is 0 Å². The molecule has 0 aromatic heterocycles.